The third kappa shape index (κ3) is 1.83. The molecule has 1 aromatic carbocycles. The second-order valence-corrected chi connectivity index (χ2v) is 4.26. The predicted molar refractivity (Wildman–Crippen MR) is 61.9 cm³/mol. The van der Waals surface area contributed by atoms with Crippen molar-refractivity contribution >= 4 is 11.8 Å². The van der Waals surface area contributed by atoms with Crippen LogP contribution in [0.15, 0.2) is 24.3 Å². The van der Waals surface area contributed by atoms with E-state index < -0.39 is 0 Å². The van der Waals surface area contributed by atoms with Gasteiger partial charge in [-0.05, 0) is 31.5 Å². The van der Waals surface area contributed by atoms with Crippen LogP contribution in [0, 0.1) is 0 Å². The van der Waals surface area contributed by atoms with Crippen LogP contribution in [0.2, 0.25) is 0 Å². The minimum Gasteiger partial charge on any atom is -0.447 e. The lowest BCUT2D eigenvalue weighted by atomic mass is 10.1. The number of nitrogens with two attached hydrogens (primary N) is 1. The van der Waals surface area contributed by atoms with Crippen molar-refractivity contribution in [3.8, 4) is 0 Å². The first-order valence-corrected chi connectivity index (χ1v) is 5.40. The fourth-order valence-corrected chi connectivity index (χ4v) is 1.98. The predicted octanol–water partition coefficient (Wildman–Crippen LogP) is 2.17. The summed E-state index contributed by atoms with van der Waals surface area (Å²) in [6.07, 6.45) is -0.239. The highest BCUT2D eigenvalue weighted by Gasteiger charge is 2.35. The maximum Gasteiger partial charge on any atom is 0.410 e. The molecule has 1 amide bonds. The summed E-state index contributed by atoms with van der Waals surface area (Å²) in [5.74, 6) is 0. The molecule has 1 atom stereocenters. The molecular formula is C12H16N2O2. The Morgan fingerprint density at radius 1 is 1.38 bits per heavy atom. The molecule has 1 aliphatic rings. The molecule has 1 aliphatic heterocycles. The van der Waals surface area contributed by atoms with Gasteiger partial charge >= 0.3 is 6.09 Å². The number of ether oxygens (including phenoxy) is 1. The number of hydrogen-bond acceptors (Lipinski definition) is 3. The average molecular weight is 220 g/mol. The molecule has 86 valence electrons. The van der Waals surface area contributed by atoms with Crippen LogP contribution in [0.3, 0.4) is 0 Å². The van der Waals surface area contributed by atoms with E-state index in [9.17, 15) is 4.79 Å². The van der Waals surface area contributed by atoms with Crippen molar-refractivity contribution in [1.29, 1.82) is 0 Å². The average Bonchev–Trinajstić information content (AvgIpc) is 2.61. The SMILES string of the molecule is CC(C)N1C(=O)OCC1c1ccc(N)cc1. The monoisotopic (exact) mass is 220 g/mol. The summed E-state index contributed by atoms with van der Waals surface area (Å²) >= 11 is 0. The summed E-state index contributed by atoms with van der Waals surface area (Å²) in [5.41, 5.74) is 7.43. The second kappa shape index (κ2) is 4.04. The zero-order valence-corrected chi connectivity index (χ0v) is 9.51. The summed E-state index contributed by atoms with van der Waals surface area (Å²) in [4.78, 5) is 13.3. The van der Waals surface area contributed by atoms with Crippen LogP contribution in [-0.4, -0.2) is 23.6 Å². The number of carbonyl (C=O) groups excluding carboxylic acids is 1. The maximum absolute atomic E-state index is 11.5. The Kier molecular flexibility index (Phi) is 2.73. The van der Waals surface area contributed by atoms with Crippen molar-refractivity contribution in [2.24, 2.45) is 0 Å². The molecule has 0 aliphatic carbocycles. The van der Waals surface area contributed by atoms with Crippen molar-refractivity contribution in [2.45, 2.75) is 25.9 Å². The van der Waals surface area contributed by atoms with E-state index in [2.05, 4.69) is 0 Å². The van der Waals surface area contributed by atoms with Crippen LogP contribution in [-0.2, 0) is 4.74 Å². The molecular weight excluding hydrogens is 204 g/mol. The Morgan fingerprint density at radius 3 is 2.56 bits per heavy atom. The minimum absolute atomic E-state index is 0.00750. The molecule has 4 heteroatoms. The van der Waals surface area contributed by atoms with E-state index in [0.717, 1.165) is 11.3 Å². The number of carbonyl (C=O) groups is 1. The van der Waals surface area contributed by atoms with Crippen LogP contribution in [0.25, 0.3) is 0 Å². The number of nitrogen functional groups attached to an aromatic ring is 1. The highest BCUT2D eigenvalue weighted by molar-refractivity contribution is 5.71. The van der Waals surface area contributed by atoms with E-state index in [1.807, 2.05) is 38.1 Å². The largest absolute Gasteiger partial charge is 0.447 e. The molecule has 2 N–H and O–H groups in total. The third-order valence-corrected chi connectivity index (χ3v) is 2.79. The van der Waals surface area contributed by atoms with Crippen LogP contribution in [0.4, 0.5) is 10.5 Å². The van der Waals surface area contributed by atoms with E-state index in [1.165, 1.54) is 0 Å². The molecule has 1 unspecified atom stereocenters. The lowest BCUT2D eigenvalue weighted by molar-refractivity contribution is 0.149. The molecule has 4 nitrogen and oxygen atoms in total. The van der Waals surface area contributed by atoms with Gasteiger partial charge in [-0.3, -0.25) is 4.90 Å². The van der Waals surface area contributed by atoms with Crippen LogP contribution in [0.1, 0.15) is 25.5 Å². The van der Waals surface area contributed by atoms with E-state index in [1.54, 1.807) is 4.90 Å². The molecule has 2 rings (SSSR count). The van der Waals surface area contributed by atoms with Crippen molar-refractivity contribution in [1.82, 2.24) is 4.90 Å². The molecule has 0 saturated carbocycles. The first-order valence-electron chi connectivity index (χ1n) is 5.40. The highest BCUT2D eigenvalue weighted by atomic mass is 16.6. The lowest BCUT2D eigenvalue weighted by Gasteiger charge is -2.25. The standard InChI is InChI=1S/C12H16N2O2/c1-8(2)14-11(7-16-12(14)15)9-3-5-10(13)6-4-9/h3-6,8,11H,7,13H2,1-2H3. The van der Waals surface area contributed by atoms with Gasteiger partial charge in [0, 0.05) is 11.7 Å². The first kappa shape index (κ1) is 10.8. The van der Waals surface area contributed by atoms with Crippen LogP contribution >= 0.6 is 0 Å². The lowest BCUT2D eigenvalue weighted by Crippen LogP contribution is -2.33. The summed E-state index contributed by atoms with van der Waals surface area (Å²) in [6.45, 7) is 4.38. The number of nitrogens with zero attached hydrogens (tertiary/aromatic N) is 1. The van der Waals surface area contributed by atoms with E-state index in [4.69, 9.17) is 10.5 Å². The van der Waals surface area contributed by atoms with Crippen molar-refractivity contribution in [3.63, 3.8) is 0 Å². The summed E-state index contributed by atoms with van der Waals surface area (Å²) in [5, 5.41) is 0. The number of benzene rings is 1. The summed E-state index contributed by atoms with van der Waals surface area (Å²) in [7, 11) is 0. The molecule has 0 spiro atoms. The zero-order valence-electron chi connectivity index (χ0n) is 9.51. The van der Waals surface area contributed by atoms with Crippen LogP contribution < -0.4 is 5.73 Å². The number of cyclic esters (lactones) is 1. The molecule has 0 bridgehead atoms. The molecule has 1 aromatic rings. The Labute approximate surface area is 95.0 Å². The van der Waals surface area contributed by atoms with E-state index in [0.29, 0.717) is 6.61 Å². The molecule has 0 radical (unpaired) electrons. The first-order chi connectivity index (χ1) is 7.59. The third-order valence-electron chi connectivity index (χ3n) is 2.79. The van der Waals surface area contributed by atoms with Gasteiger partial charge in [-0.15, -0.1) is 0 Å². The number of anilines is 1. The van der Waals surface area contributed by atoms with Gasteiger partial charge in [0.25, 0.3) is 0 Å². The fraction of sp³-hybridized carbons (Fsp3) is 0.417. The summed E-state index contributed by atoms with van der Waals surface area (Å²) in [6, 6.07) is 7.72. The molecule has 1 fully saturated rings. The number of hydrogen-bond donors (Lipinski definition) is 1. The molecule has 0 aromatic heterocycles. The Morgan fingerprint density at radius 2 is 2.00 bits per heavy atom. The minimum atomic E-state index is -0.239. The van der Waals surface area contributed by atoms with Gasteiger partial charge in [-0.1, -0.05) is 12.1 Å². The second-order valence-electron chi connectivity index (χ2n) is 4.26. The maximum atomic E-state index is 11.5. The Bertz CT molecular complexity index is 387. The topological polar surface area (TPSA) is 55.6 Å². The highest BCUT2D eigenvalue weighted by Crippen LogP contribution is 2.29. The summed E-state index contributed by atoms with van der Waals surface area (Å²) < 4.78 is 5.08. The van der Waals surface area contributed by atoms with Gasteiger partial charge in [-0.25, -0.2) is 4.79 Å². The Hall–Kier alpha value is -1.71. The van der Waals surface area contributed by atoms with Crippen molar-refractivity contribution < 1.29 is 9.53 Å². The molecule has 16 heavy (non-hydrogen) atoms. The van der Waals surface area contributed by atoms with Crippen molar-refractivity contribution in [2.75, 3.05) is 12.3 Å². The van der Waals surface area contributed by atoms with Gasteiger partial charge < -0.3 is 10.5 Å². The van der Waals surface area contributed by atoms with Gasteiger partial charge in [-0.2, -0.15) is 0 Å². The van der Waals surface area contributed by atoms with E-state index >= 15 is 0 Å². The van der Waals surface area contributed by atoms with Crippen LogP contribution in [0.5, 0.6) is 0 Å². The zero-order chi connectivity index (χ0) is 11.7. The molecule has 1 saturated heterocycles. The normalized spacial score (nSPS) is 20.3. The van der Waals surface area contributed by atoms with Gasteiger partial charge in [0.15, 0.2) is 0 Å². The number of amides is 1. The Balaban J connectivity index is 2.26. The fourth-order valence-electron chi connectivity index (χ4n) is 1.98. The van der Waals surface area contributed by atoms with Gasteiger partial charge in [0.1, 0.15) is 6.61 Å². The van der Waals surface area contributed by atoms with Gasteiger partial charge in [0.05, 0.1) is 6.04 Å². The smallest absolute Gasteiger partial charge is 0.410 e. The quantitative estimate of drug-likeness (QED) is 0.777. The molecule has 1 heterocycles. The van der Waals surface area contributed by atoms with Gasteiger partial charge in [0.2, 0.25) is 0 Å². The van der Waals surface area contributed by atoms with Crippen molar-refractivity contribution in [3.05, 3.63) is 29.8 Å². The van der Waals surface area contributed by atoms with E-state index in [-0.39, 0.29) is 18.2 Å². The number of rotatable bonds is 2.